The fourth-order valence-corrected chi connectivity index (χ4v) is 2.82. The minimum Gasteiger partial charge on any atom is -0.497 e. The Kier molecular flexibility index (Phi) is 3.27. The van der Waals surface area contributed by atoms with Crippen molar-refractivity contribution >= 4 is 22.6 Å². The lowest BCUT2D eigenvalue weighted by Gasteiger charge is -2.05. The Bertz CT molecular complexity index is 868. The second-order valence-corrected chi connectivity index (χ2v) is 6.67. The highest BCUT2D eigenvalue weighted by molar-refractivity contribution is 6.33. The molecule has 4 rings (SSSR count). The highest BCUT2D eigenvalue weighted by atomic mass is 35.5. The lowest BCUT2D eigenvalue weighted by Crippen LogP contribution is -2.06. The van der Waals surface area contributed by atoms with Crippen LogP contribution in [0.5, 0.6) is 5.75 Å². The van der Waals surface area contributed by atoms with E-state index in [1.807, 2.05) is 35.1 Å². The first-order valence-electron chi connectivity index (χ1n) is 7.61. The van der Waals surface area contributed by atoms with Gasteiger partial charge < -0.3 is 4.74 Å². The van der Waals surface area contributed by atoms with Crippen molar-refractivity contribution in [1.82, 2.24) is 19.7 Å². The molecular weight excluding hydrogens is 312 g/mol. The molecule has 118 valence electrons. The standard InChI is InChI=1S/C17H17ClN4O/c1-17(7-8-17)16-19-13-10-22(21-14(13)15(18)20-16)9-11-3-5-12(23-2)6-4-11/h3-6,10H,7-9H2,1-2H3. The molecule has 0 saturated heterocycles. The van der Waals surface area contributed by atoms with Crippen LogP contribution in [0.3, 0.4) is 0 Å². The molecule has 0 bridgehead atoms. The third-order valence-corrected chi connectivity index (χ3v) is 4.68. The molecule has 5 nitrogen and oxygen atoms in total. The van der Waals surface area contributed by atoms with Crippen LogP contribution in [0.25, 0.3) is 11.0 Å². The maximum Gasteiger partial charge on any atom is 0.160 e. The van der Waals surface area contributed by atoms with Gasteiger partial charge in [-0.15, -0.1) is 0 Å². The topological polar surface area (TPSA) is 52.8 Å². The summed E-state index contributed by atoms with van der Waals surface area (Å²) in [6, 6.07) is 7.93. The lowest BCUT2D eigenvalue weighted by molar-refractivity contribution is 0.414. The van der Waals surface area contributed by atoms with E-state index in [1.165, 1.54) is 0 Å². The zero-order valence-electron chi connectivity index (χ0n) is 13.1. The zero-order valence-corrected chi connectivity index (χ0v) is 13.8. The Labute approximate surface area is 139 Å². The number of benzene rings is 1. The molecular formula is C17H17ClN4O. The Balaban J connectivity index is 1.66. The molecule has 2 heterocycles. The van der Waals surface area contributed by atoms with Gasteiger partial charge in [0.05, 0.1) is 19.9 Å². The van der Waals surface area contributed by atoms with Gasteiger partial charge in [0.15, 0.2) is 5.15 Å². The van der Waals surface area contributed by atoms with E-state index in [0.29, 0.717) is 17.2 Å². The van der Waals surface area contributed by atoms with Crippen LogP contribution in [0.4, 0.5) is 0 Å². The first-order chi connectivity index (χ1) is 11.1. The molecule has 1 aliphatic rings. The van der Waals surface area contributed by atoms with Gasteiger partial charge in [-0.2, -0.15) is 5.10 Å². The molecule has 1 aromatic carbocycles. The van der Waals surface area contributed by atoms with Gasteiger partial charge in [0.2, 0.25) is 0 Å². The van der Waals surface area contributed by atoms with Gasteiger partial charge in [0.1, 0.15) is 22.6 Å². The van der Waals surface area contributed by atoms with E-state index in [9.17, 15) is 0 Å². The van der Waals surface area contributed by atoms with Crippen molar-refractivity contribution in [1.29, 1.82) is 0 Å². The number of aromatic nitrogens is 4. The van der Waals surface area contributed by atoms with Crippen molar-refractivity contribution in [2.45, 2.75) is 31.7 Å². The predicted octanol–water partition coefficient (Wildman–Crippen LogP) is 3.59. The normalized spacial score (nSPS) is 15.8. The van der Waals surface area contributed by atoms with Crippen molar-refractivity contribution in [3.63, 3.8) is 0 Å². The summed E-state index contributed by atoms with van der Waals surface area (Å²) in [5.74, 6) is 1.68. The van der Waals surface area contributed by atoms with Crippen molar-refractivity contribution in [2.75, 3.05) is 7.11 Å². The molecule has 1 saturated carbocycles. The van der Waals surface area contributed by atoms with E-state index in [-0.39, 0.29) is 5.41 Å². The third kappa shape index (κ3) is 2.65. The first-order valence-corrected chi connectivity index (χ1v) is 7.99. The van der Waals surface area contributed by atoms with Gasteiger partial charge in [-0.1, -0.05) is 30.7 Å². The molecule has 3 aromatic rings. The van der Waals surface area contributed by atoms with Crippen LogP contribution in [-0.4, -0.2) is 26.9 Å². The summed E-state index contributed by atoms with van der Waals surface area (Å²) in [6.45, 7) is 2.83. The number of hydrogen-bond acceptors (Lipinski definition) is 4. The average Bonchev–Trinajstić information content (AvgIpc) is 3.16. The van der Waals surface area contributed by atoms with E-state index in [1.54, 1.807) is 7.11 Å². The summed E-state index contributed by atoms with van der Waals surface area (Å²) in [6.07, 6.45) is 4.17. The number of methoxy groups -OCH3 is 1. The van der Waals surface area contributed by atoms with E-state index >= 15 is 0 Å². The Morgan fingerprint density at radius 2 is 1.96 bits per heavy atom. The molecule has 0 radical (unpaired) electrons. The average molecular weight is 329 g/mol. The summed E-state index contributed by atoms with van der Waals surface area (Å²) >= 11 is 6.31. The SMILES string of the molecule is COc1ccc(Cn2cc3nc(C4(C)CC4)nc(Cl)c3n2)cc1. The molecule has 23 heavy (non-hydrogen) atoms. The summed E-state index contributed by atoms with van der Waals surface area (Å²) in [7, 11) is 1.66. The number of fused-ring (bicyclic) bond motifs is 1. The third-order valence-electron chi connectivity index (χ3n) is 4.41. The van der Waals surface area contributed by atoms with Gasteiger partial charge >= 0.3 is 0 Å². The molecule has 1 aliphatic carbocycles. The summed E-state index contributed by atoms with van der Waals surface area (Å²) in [5.41, 5.74) is 2.70. The molecule has 0 atom stereocenters. The monoisotopic (exact) mass is 328 g/mol. The van der Waals surface area contributed by atoms with Crippen molar-refractivity contribution < 1.29 is 4.74 Å². The quantitative estimate of drug-likeness (QED) is 0.687. The van der Waals surface area contributed by atoms with Crippen LogP contribution in [-0.2, 0) is 12.0 Å². The molecule has 0 N–H and O–H groups in total. The van der Waals surface area contributed by atoms with Gasteiger partial charge in [-0.3, -0.25) is 4.68 Å². The second kappa shape index (κ2) is 5.20. The second-order valence-electron chi connectivity index (χ2n) is 6.31. The van der Waals surface area contributed by atoms with Gasteiger partial charge in [0.25, 0.3) is 0 Å². The zero-order chi connectivity index (χ0) is 16.0. The van der Waals surface area contributed by atoms with Crippen LogP contribution < -0.4 is 4.74 Å². The molecule has 1 fully saturated rings. The summed E-state index contributed by atoms with van der Waals surface area (Å²) < 4.78 is 7.03. The van der Waals surface area contributed by atoms with Crippen molar-refractivity contribution in [2.24, 2.45) is 0 Å². The van der Waals surface area contributed by atoms with E-state index in [0.717, 1.165) is 35.5 Å². The fourth-order valence-electron chi connectivity index (χ4n) is 2.60. The Morgan fingerprint density at radius 1 is 1.22 bits per heavy atom. The molecule has 0 spiro atoms. The number of rotatable bonds is 4. The highest BCUT2D eigenvalue weighted by Gasteiger charge is 2.42. The molecule has 0 aliphatic heterocycles. The van der Waals surface area contributed by atoms with Crippen LogP contribution >= 0.6 is 11.6 Å². The Morgan fingerprint density at radius 3 is 2.61 bits per heavy atom. The minimum absolute atomic E-state index is 0.0932. The number of hydrogen-bond donors (Lipinski definition) is 0. The molecule has 6 heteroatoms. The smallest absolute Gasteiger partial charge is 0.160 e. The van der Waals surface area contributed by atoms with Gasteiger partial charge in [0, 0.05) is 5.41 Å². The van der Waals surface area contributed by atoms with Gasteiger partial charge in [-0.25, -0.2) is 9.97 Å². The maximum absolute atomic E-state index is 6.31. The molecule has 0 amide bonds. The van der Waals surface area contributed by atoms with Crippen LogP contribution in [0, 0.1) is 0 Å². The van der Waals surface area contributed by atoms with Crippen molar-refractivity contribution in [3.8, 4) is 5.75 Å². The first kappa shape index (κ1) is 14.5. The number of ether oxygens (including phenoxy) is 1. The largest absolute Gasteiger partial charge is 0.497 e. The van der Waals surface area contributed by atoms with E-state index in [4.69, 9.17) is 16.3 Å². The van der Waals surface area contributed by atoms with Crippen molar-refractivity contribution in [3.05, 3.63) is 47.0 Å². The summed E-state index contributed by atoms with van der Waals surface area (Å²) in [4.78, 5) is 9.10. The van der Waals surface area contributed by atoms with E-state index < -0.39 is 0 Å². The van der Waals surface area contributed by atoms with Crippen LogP contribution in [0.2, 0.25) is 5.15 Å². The van der Waals surface area contributed by atoms with Crippen LogP contribution in [0.15, 0.2) is 30.5 Å². The fraction of sp³-hybridized carbons (Fsp3) is 0.353. The number of nitrogens with zero attached hydrogens (tertiary/aromatic N) is 4. The minimum atomic E-state index is 0.0932. The highest BCUT2D eigenvalue weighted by Crippen LogP contribution is 2.46. The van der Waals surface area contributed by atoms with Crippen LogP contribution in [0.1, 0.15) is 31.2 Å². The maximum atomic E-state index is 6.31. The van der Waals surface area contributed by atoms with E-state index in [2.05, 4.69) is 22.0 Å². The molecule has 2 aromatic heterocycles. The predicted molar refractivity (Wildman–Crippen MR) is 89.0 cm³/mol. The van der Waals surface area contributed by atoms with Gasteiger partial charge in [-0.05, 0) is 30.5 Å². The molecule has 0 unspecified atom stereocenters. The summed E-state index contributed by atoms with van der Waals surface area (Å²) in [5, 5.41) is 4.96. The Hall–Kier alpha value is -2.14. The number of halogens is 1. The lowest BCUT2D eigenvalue weighted by atomic mass is 10.1.